The van der Waals surface area contributed by atoms with Crippen LogP contribution in [0.1, 0.15) is 15.9 Å². The van der Waals surface area contributed by atoms with Gasteiger partial charge in [-0.1, -0.05) is 6.07 Å². The number of aromatic hydroxyl groups is 1. The number of carbonyl (C=O) groups is 2. The van der Waals surface area contributed by atoms with Crippen LogP contribution in [0.15, 0.2) is 65.7 Å². The summed E-state index contributed by atoms with van der Waals surface area (Å²) in [6, 6.07) is 12.2. The number of benzene rings is 3. The summed E-state index contributed by atoms with van der Waals surface area (Å²) in [5.41, 5.74) is -0.483. The van der Waals surface area contributed by atoms with E-state index < -0.39 is 29.2 Å². The van der Waals surface area contributed by atoms with Crippen molar-refractivity contribution >= 4 is 35.7 Å². The Kier molecular flexibility index (Phi) is 7.28. The van der Waals surface area contributed by atoms with Gasteiger partial charge in [0.05, 0.1) is 22.5 Å². The molecule has 0 aromatic heterocycles. The predicted molar refractivity (Wildman–Crippen MR) is 126 cm³/mol. The first-order valence-corrected chi connectivity index (χ1v) is 10.1. The topological polar surface area (TPSA) is 103 Å². The minimum atomic E-state index is -4.64. The summed E-state index contributed by atoms with van der Waals surface area (Å²) < 4.78 is 44.5. The second-order valence-corrected chi connectivity index (χ2v) is 7.48. The molecule has 0 fully saturated rings. The van der Waals surface area contributed by atoms with Crippen molar-refractivity contribution < 1.29 is 32.6 Å². The van der Waals surface area contributed by atoms with Gasteiger partial charge in [-0.2, -0.15) is 13.2 Å². The number of rotatable bonds is 6. The Labute approximate surface area is 198 Å². The number of nitrogens with one attached hydrogen (secondary N) is 2. The summed E-state index contributed by atoms with van der Waals surface area (Å²) >= 11 is 0. The number of amides is 3. The molecule has 3 N–H and O–H groups in total. The molecule has 11 heteroatoms. The number of alkyl halides is 3. The van der Waals surface area contributed by atoms with E-state index in [0.29, 0.717) is 29.3 Å². The highest BCUT2D eigenvalue weighted by atomic mass is 19.4. The minimum absolute atomic E-state index is 0.264. The molecule has 3 amide bonds. The normalized spacial score (nSPS) is 10.9. The number of ether oxygens (including phenoxy) is 1. The average Bonchev–Trinajstić information content (AvgIpc) is 2.79. The monoisotopic (exact) mass is 486 g/mol. The van der Waals surface area contributed by atoms with E-state index in [1.54, 1.807) is 38.4 Å². The Morgan fingerprint density at radius 1 is 1.00 bits per heavy atom. The molecule has 0 saturated heterocycles. The molecule has 0 radical (unpaired) electrons. The number of hydrogen-bond acceptors (Lipinski definition) is 5. The van der Waals surface area contributed by atoms with Crippen LogP contribution in [-0.2, 0) is 6.18 Å². The third-order valence-electron chi connectivity index (χ3n) is 4.67. The molecule has 3 aromatic carbocycles. The van der Waals surface area contributed by atoms with E-state index in [1.165, 1.54) is 23.1 Å². The van der Waals surface area contributed by atoms with Gasteiger partial charge in [0.25, 0.3) is 5.91 Å². The maximum atomic E-state index is 12.9. The van der Waals surface area contributed by atoms with Crippen molar-refractivity contribution in [1.29, 1.82) is 0 Å². The molecule has 0 heterocycles. The van der Waals surface area contributed by atoms with Crippen LogP contribution in [0.4, 0.5) is 35.0 Å². The Hall–Kier alpha value is -4.54. The lowest BCUT2D eigenvalue weighted by Crippen LogP contribution is -2.21. The molecule has 0 aliphatic heterocycles. The first-order valence-electron chi connectivity index (χ1n) is 10.1. The van der Waals surface area contributed by atoms with Crippen molar-refractivity contribution in [3.8, 4) is 17.2 Å². The van der Waals surface area contributed by atoms with Crippen LogP contribution < -0.4 is 15.4 Å². The number of phenolic OH excluding ortho intramolecular Hbond substituents is 1. The molecule has 0 saturated carbocycles. The molecule has 3 aromatic rings. The number of carbonyl (C=O) groups excluding carboxylic acids is 2. The zero-order valence-corrected chi connectivity index (χ0v) is 18.7. The largest absolute Gasteiger partial charge is 0.506 e. The number of halogens is 3. The molecule has 35 heavy (non-hydrogen) atoms. The average molecular weight is 486 g/mol. The lowest BCUT2D eigenvalue weighted by Gasteiger charge is -2.14. The first-order chi connectivity index (χ1) is 16.5. The van der Waals surface area contributed by atoms with Gasteiger partial charge < -0.3 is 25.4 Å². The lowest BCUT2D eigenvalue weighted by molar-refractivity contribution is -0.137. The van der Waals surface area contributed by atoms with E-state index in [0.717, 1.165) is 6.07 Å². The Morgan fingerprint density at radius 2 is 1.71 bits per heavy atom. The van der Waals surface area contributed by atoms with Crippen LogP contribution in [0.3, 0.4) is 0 Å². The zero-order valence-electron chi connectivity index (χ0n) is 18.7. The van der Waals surface area contributed by atoms with Crippen molar-refractivity contribution in [1.82, 2.24) is 4.90 Å². The summed E-state index contributed by atoms with van der Waals surface area (Å²) in [5, 5.41) is 14.4. The number of nitrogens with zero attached hydrogens (tertiary/aromatic N) is 2. The summed E-state index contributed by atoms with van der Waals surface area (Å²) in [6.45, 7) is 3.46. The highest BCUT2D eigenvalue weighted by Gasteiger charge is 2.31. The summed E-state index contributed by atoms with van der Waals surface area (Å²) in [7, 11) is 3.20. The van der Waals surface area contributed by atoms with Gasteiger partial charge >= 0.3 is 12.2 Å². The van der Waals surface area contributed by atoms with E-state index in [9.17, 15) is 27.9 Å². The molecule has 3 rings (SSSR count). The maximum absolute atomic E-state index is 12.9. The quantitative estimate of drug-likeness (QED) is 0.299. The molecule has 0 aliphatic rings. The Morgan fingerprint density at radius 3 is 2.37 bits per heavy atom. The number of urea groups is 1. The van der Waals surface area contributed by atoms with E-state index in [4.69, 9.17) is 4.74 Å². The van der Waals surface area contributed by atoms with Crippen LogP contribution in [0, 0.1) is 0 Å². The van der Waals surface area contributed by atoms with Crippen LogP contribution in [0.2, 0.25) is 0 Å². The summed E-state index contributed by atoms with van der Waals surface area (Å²) in [6.07, 6.45) is -4.64. The number of hydrogen-bond donors (Lipinski definition) is 3. The van der Waals surface area contributed by atoms with Gasteiger partial charge in [0.15, 0.2) is 0 Å². The van der Waals surface area contributed by atoms with Gasteiger partial charge in [-0.25, -0.2) is 4.79 Å². The van der Waals surface area contributed by atoms with Gasteiger partial charge in [0.1, 0.15) is 17.2 Å². The van der Waals surface area contributed by atoms with Gasteiger partial charge in [-0.05, 0) is 55.2 Å². The van der Waals surface area contributed by atoms with Crippen LogP contribution in [-0.4, -0.2) is 42.8 Å². The Bertz CT molecular complexity index is 1280. The van der Waals surface area contributed by atoms with Crippen molar-refractivity contribution in [2.24, 2.45) is 4.99 Å². The van der Waals surface area contributed by atoms with E-state index in [-0.39, 0.29) is 17.2 Å². The number of aliphatic imine (C=N–C) groups is 1. The van der Waals surface area contributed by atoms with E-state index >= 15 is 0 Å². The third-order valence-corrected chi connectivity index (χ3v) is 4.67. The first kappa shape index (κ1) is 25.1. The second-order valence-electron chi connectivity index (χ2n) is 7.48. The zero-order chi connectivity index (χ0) is 25.8. The summed E-state index contributed by atoms with van der Waals surface area (Å²) in [4.78, 5) is 29.9. The van der Waals surface area contributed by atoms with Gasteiger partial charge in [0.2, 0.25) is 0 Å². The molecular formula is C24H21F3N4O4. The van der Waals surface area contributed by atoms with Crippen molar-refractivity contribution in [3.63, 3.8) is 0 Å². The molecule has 0 bridgehead atoms. The van der Waals surface area contributed by atoms with Crippen molar-refractivity contribution in [2.75, 3.05) is 24.7 Å². The molecule has 0 spiro atoms. The fourth-order valence-electron chi connectivity index (χ4n) is 3.00. The minimum Gasteiger partial charge on any atom is -0.506 e. The van der Waals surface area contributed by atoms with Crippen LogP contribution in [0.5, 0.6) is 17.2 Å². The molecule has 0 atom stereocenters. The van der Waals surface area contributed by atoms with Gasteiger partial charge in [-0.3, -0.25) is 9.79 Å². The molecular weight excluding hydrogens is 465 g/mol. The standard InChI is InChI=1S/C24H21F3N4O4/c1-28-19-9-8-17(13-18(19)22(33)31(2)3)35-16-6-4-5-15(12-16)29-23(34)30-20-11-14(24(25,26)27)7-10-21(20)32/h4-13,32H,1H2,2-3H3,(H2,29,30,34). The highest BCUT2D eigenvalue weighted by Crippen LogP contribution is 2.35. The fourth-order valence-corrected chi connectivity index (χ4v) is 3.00. The molecule has 0 aliphatic carbocycles. The predicted octanol–water partition coefficient (Wildman–Crippen LogP) is 5.88. The molecule has 0 unspecified atom stereocenters. The Balaban J connectivity index is 1.75. The van der Waals surface area contributed by atoms with E-state index in [1.807, 2.05) is 0 Å². The van der Waals surface area contributed by atoms with Gasteiger partial charge in [0, 0.05) is 25.8 Å². The van der Waals surface area contributed by atoms with Crippen molar-refractivity contribution in [2.45, 2.75) is 6.18 Å². The third kappa shape index (κ3) is 6.28. The SMILES string of the molecule is C=Nc1ccc(Oc2cccc(NC(=O)Nc3cc(C(F)(F)F)ccc3O)c2)cc1C(=O)N(C)C. The van der Waals surface area contributed by atoms with Crippen molar-refractivity contribution in [3.05, 3.63) is 71.8 Å². The highest BCUT2D eigenvalue weighted by molar-refractivity contribution is 6.01. The number of anilines is 2. The maximum Gasteiger partial charge on any atom is 0.416 e. The molecule has 8 nitrogen and oxygen atoms in total. The van der Waals surface area contributed by atoms with Crippen LogP contribution in [0.25, 0.3) is 0 Å². The van der Waals surface area contributed by atoms with Crippen LogP contribution >= 0.6 is 0 Å². The lowest BCUT2D eigenvalue weighted by atomic mass is 10.1. The molecule has 182 valence electrons. The van der Waals surface area contributed by atoms with E-state index in [2.05, 4.69) is 22.3 Å². The summed E-state index contributed by atoms with van der Waals surface area (Å²) in [5.74, 6) is -0.168. The smallest absolute Gasteiger partial charge is 0.416 e. The second kappa shape index (κ2) is 10.2. The number of phenols is 1. The van der Waals surface area contributed by atoms with Gasteiger partial charge in [-0.15, -0.1) is 0 Å². The fraction of sp³-hybridized carbons (Fsp3) is 0.125.